The zero-order valence-corrected chi connectivity index (χ0v) is 23.5. The van der Waals surface area contributed by atoms with Crippen molar-refractivity contribution in [1.82, 2.24) is 14.7 Å². The molecule has 1 amide bonds. The Hall–Kier alpha value is -4.35. The van der Waals surface area contributed by atoms with E-state index in [0.717, 1.165) is 6.07 Å². The smallest absolute Gasteiger partial charge is 0.415 e. The Morgan fingerprint density at radius 1 is 0.953 bits per heavy atom. The molecule has 8 nitrogen and oxygen atoms in total. The highest BCUT2D eigenvalue weighted by Gasteiger charge is 2.47. The molecule has 222 valence electrons. The molecule has 4 aromatic rings. The van der Waals surface area contributed by atoms with Gasteiger partial charge in [-0.25, -0.2) is 27.4 Å². The van der Waals surface area contributed by atoms with Gasteiger partial charge in [0.25, 0.3) is 0 Å². The molecule has 0 radical (unpaired) electrons. The van der Waals surface area contributed by atoms with E-state index in [2.05, 4.69) is 10.00 Å². The molecule has 0 bridgehead atoms. The van der Waals surface area contributed by atoms with E-state index >= 15 is 0 Å². The lowest BCUT2D eigenvalue weighted by molar-refractivity contribution is -0.00101. The summed E-state index contributed by atoms with van der Waals surface area (Å²) in [7, 11) is 0. The number of rotatable bonds is 7. The van der Waals surface area contributed by atoms with Gasteiger partial charge in [0, 0.05) is 56.2 Å². The van der Waals surface area contributed by atoms with Crippen LogP contribution in [0.15, 0.2) is 66.7 Å². The van der Waals surface area contributed by atoms with E-state index < -0.39 is 35.1 Å². The summed E-state index contributed by atoms with van der Waals surface area (Å²) in [6.07, 6.45) is 0.503. The number of hydrogen-bond acceptors (Lipinski definition) is 5. The van der Waals surface area contributed by atoms with Gasteiger partial charge in [0.2, 0.25) is 0 Å². The molecule has 0 atom stereocenters. The number of hydrogen-bond donors (Lipinski definition) is 1. The Labute approximate surface area is 249 Å². The number of likely N-dealkylation sites (tertiary alicyclic amines) is 1. The largest absolute Gasteiger partial charge is 0.478 e. The zero-order valence-electron chi connectivity index (χ0n) is 22.8. The number of carboxylic acids is 1. The second-order valence-corrected chi connectivity index (χ2v) is 11.1. The lowest BCUT2D eigenvalue weighted by Crippen LogP contribution is -2.46. The van der Waals surface area contributed by atoms with Crippen LogP contribution in [-0.4, -0.2) is 57.1 Å². The lowest BCUT2D eigenvalue weighted by Gasteiger charge is -2.37. The molecule has 6 rings (SSSR count). The number of nitrogens with zero attached hydrogens (tertiary/aromatic N) is 4. The van der Waals surface area contributed by atoms with Crippen LogP contribution in [0.4, 0.5) is 23.7 Å². The van der Waals surface area contributed by atoms with E-state index in [0.29, 0.717) is 72.9 Å². The average molecular weight is 611 g/mol. The summed E-state index contributed by atoms with van der Waals surface area (Å²) in [5, 5.41) is 14.1. The van der Waals surface area contributed by atoms with E-state index in [-0.39, 0.29) is 17.5 Å². The SMILES string of the molecule is O=C(O)c1ccc(N2CC3(CCN(Cc4c(Cc5cc(F)c(F)cc5F)nn(-c5ccccc5)c4Cl)CC3)OC2=O)cc1. The molecule has 2 saturated heterocycles. The summed E-state index contributed by atoms with van der Waals surface area (Å²) in [6, 6.07) is 16.6. The molecule has 2 aliphatic rings. The van der Waals surface area contributed by atoms with E-state index in [4.69, 9.17) is 21.4 Å². The van der Waals surface area contributed by atoms with Crippen molar-refractivity contribution < 1.29 is 32.6 Å². The van der Waals surface area contributed by atoms with Gasteiger partial charge in [-0.3, -0.25) is 9.80 Å². The van der Waals surface area contributed by atoms with Crippen LogP contribution in [0.5, 0.6) is 0 Å². The van der Waals surface area contributed by atoms with Gasteiger partial charge in [0.1, 0.15) is 16.6 Å². The molecule has 2 aliphatic heterocycles. The van der Waals surface area contributed by atoms with Crippen molar-refractivity contribution in [3.8, 4) is 5.69 Å². The van der Waals surface area contributed by atoms with Crippen LogP contribution >= 0.6 is 11.6 Å². The van der Waals surface area contributed by atoms with Crippen LogP contribution in [0.25, 0.3) is 5.69 Å². The van der Waals surface area contributed by atoms with Gasteiger partial charge in [0.15, 0.2) is 11.6 Å². The normalized spacial score (nSPS) is 16.6. The number of anilines is 1. The number of halogens is 4. The summed E-state index contributed by atoms with van der Waals surface area (Å²) in [5.41, 5.74) is 1.70. The van der Waals surface area contributed by atoms with Crippen molar-refractivity contribution in [2.24, 2.45) is 0 Å². The van der Waals surface area contributed by atoms with Crippen LogP contribution in [0.1, 0.15) is 40.0 Å². The summed E-state index contributed by atoms with van der Waals surface area (Å²) < 4.78 is 49.5. The number of amides is 1. The van der Waals surface area contributed by atoms with Crippen molar-refractivity contribution in [2.45, 2.75) is 31.4 Å². The Morgan fingerprint density at radius 2 is 1.63 bits per heavy atom. The van der Waals surface area contributed by atoms with Crippen molar-refractivity contribution in [3.05, 3.63) is 112 Å². The van der Waals surface area contributed by atoms with Gasteiger partial charge >= 0.3 is 12.1 Å². The van der Waals surface area contributed by atoms with Gasteiger partial charge in [-0.2, -0.15) is 5.10 Å². The zero-order chi connectivity index (χ0) is 30.3. The minimum atomic E-state index is -1.26. The van der Waals surface area contributed by atoms with Crippen molar-refractivity contribution in [2.75, 3.05) is 24.5 Å². The molecular formula is C31H26ClF3N4O4. The second-order valence-electron chi connectivity index (χ2n) is 10.8. The fourth-order valence-corrected chi connectivity index (χ4v) is 5.90. The third kappa shape index (κ3) is 5.70. The number of carboxylic acid groups (broad SMARTS) is 1. The maximum absolute atomic E-state index is 14.6. The summed E-state index contributed by atoms with van der Waals surface area (Å²) in [5.74, 6) is -4.34. The highest BCUT2D eigenvalue weighted by Crippen LogP contribution is 2.37. The molecule has 2 fully saturated rings. The van der Waals surface area contributed by atoms with Crippen LogP contribution in [0.2, 0.25) is 5.15 Å². The van der Waals surface area contributed by atoms with Gasteiger partial charge in [0.05, 0.1) is 23.5 Å². The maximum atomic E-state index is 14.6. The van der Waals surface area contributed by atoms with Crippen LogP contribution in [0.3, 0.4) is 0 Å². The fourth-order valence-electron chi connectivity index (χ4n) is 5.60. The number of aromatic carboxylic acids is 1. The first-order chi connectivity index (χ1) is 20.6. The Kier molecular flexibility index (Phi) is 7.61. The minimum Gasteiger partial charge on any atom is -0.478 e. The molecule has 3 heterocycles. The summed E-state index contributed by atoms with van der Waals surface area (Å²) in [6.45, 7) is 1.81. The van der Waals surface area contributed by atoms with Gasteiger partial charge in [-0.1, -0.05) is 29.8 Å². The van der Waals surface area contributed by atoms with E-state index in [1.807, 2.05) is 30.3 Å². The number of benzene rings is 3. The predicted molar refractivity (Wildman–Crippen MR) is 152 cm³/mol. The average Bonchev–Trinajstić information content (AvgIpc) is 3.48. The number of carbonyl (C=O) groups is 2. The topological polar surface area (TPSA) is 87.9 Å². The first-order valence-electron chi connectivity index (χ1n) is 13.6. The van der Waals surface area contributed by atoms with Crippen molar-refractivity contribution >= 4 is 29.4 Å². The molecule has 1 spiro atoms. The first kappa shape index (κ1) is 28.8. The Bertz CT molecular complexity index is 1690. The number of piperidine rings is 1. The standard InChI is InChI=1S/C31H26ClF3N4O4/c32-28-23(27(36-39(28)22-4-2-1-3-5-22)15-20-14-25(34)26(35)16-24(20)33)17-37-12-10-31(11-13-37)18-38(30(42)43-31)21-8-6-19(7-9-21)29(40)41/h1-9,14,16H,10-13,15,17-18H2,(H,40,41). The van der Waals surface area contributed by atoms with Crippen LogP contribution < -0.4 is 4.90 Å². The predicted octanol–water partition coefficient (Wildman–Crippen LogP) is 6.22. The van der Waals surface area contributed by atoms with Gasteiger partial charge in [-0.05, 0) is 48.0 Å². The second kappa shape index (κ2) is 11.4. The van der Waals surface area contributed by atoms with Crippen molar-refractivity contribution in [3.63, 3.8) is 0 Å². The highest BCUT2D eigenvalue weighted by atomic mass is 35.5. The van der Waals surface area contributed by atoms with Crippen LogP contribution in [0, 0.1) is 17.5 Å². The molecule has 0 aliphatic carbocycles. The highest BCUT2D eigenvalue weighted by molar-refractivity contribution is 6.30. The molecule has 1 aromatic heterocycles. The number of para-hydroxylation sites is 1. The maximum Gasteiger partial charge on any atom is 0.415 e. The minimum absolute atomic E-state index is 0.0403. The Morgan fingerprint density at radius 3 is 2.30 bits per heavy atom. The summed E-state index contributed by atoms with van der Waals surface area (Å²) >= 11 is 6.84. The monoisotopic (exact) mass is 610 g/mol. The molecule has 12 heteroatoms. The first-order valence-corrected chi connectivity index (χ1v) is 14.0. The van der Waals surface area contributed by atoms with Gasteiger partial charge < -0.3 is 9.84 Å². The molecule has 3 aromatic carbocycles. The van der Waals surface area contributed by atoms with E-state index in [1.165, 1.54) is 17.0 Å². The molecular weight excluding hydrogens is 585 g/mol. The Balaban J connectivity index is 1.20. The van der Waals surface area contributed by atoms with Crippen molar-refractivity contribution in [1.29, 1.82) is 0 Å². The van der Waals surface area contributed by atoms with E-state index in [1.54, 1.807) is 16.8 Å². The third-order valence-electron chi connectivity index (χ3n) is 8.00. The molecule has 43 heavy (non-hydrogen) atoms. The van der Waals surface area contributed by atoms with Gasteiger partial charge in [-0.15, -0.1) is 0 Å². The van der Waals surface area contributed by atoms with E-state index in [9.17, 15) is 22.8 Å². The molecule has 0 saturated carbocycles. The lowest BCUT2D eigenvalue weighted by atomic mass is 9.91. The fraction of sp³-hybridized carbons (Fsp3) is 0.258. The number of ether oxygens (including phenoxy) is 1. The quantitative estimate of drug-likeness (QED) is 0.250. The number of aromatic nitrogens is 2. The molecule has 1 N–H and O–H groups in total. The number of carbonyl (C=O) groups excluding carboxylic acids is 1. The molecule has 0 unspecified atom stereocenters. The summed E-state index contributed by atoms with van der Waals surface area (Å²) in [4.78, 5) is 27.6. The third-order valence-corrected chi connectivity index (χ3v) is 8.39. The van der Waals surface area contributed by atoms with Crippen LogP contribution in [-0.2, 0) is 17.7 Å².